The van der Waals surface area contributed by atoms with Crippen molar-refractivity contribution in [1.82, 2.24) is 0 Å². The van der Waals surface area contributed by atoms with Crippen molar-refractivity contribution in [3.05, 3.63) is 34.9 Å². The van der Waals surface area contributed by atoms with Gasteiger partial charge in [0, 0.05) is 0 Å². The van der Waals surface area contributed by atoms with E-state index in [1.54, 1.807) is 25.1 Å². The molecule has 0 heterocycles. The molecule has 0 aliphatic rings. The van der Waals surface area contributed by atoms with Crippen LogP contribution >= 0.6 is 0 Å². The summed E-state index contributed by atoms with van der Waals surface area (Å²) in [6, 6.07) is 6.42. The number of ether oxygens (including phenoxy) is 1. The summed E-state index contributed by atoms with van der Waals surface area (Å²) < 4.78 is 4.58. The first kappa shape index (κ1) is 14.2. The Hall–Kier alpha value is -1.90. The molecule has 2 N–H and O–H groups in total. The Balaban J connectivity index is 2.99. The van der Waals surface area contributed by atoms with Gasteiger partial charge in [0.15, 0.2) is 0 Å². The van der Waals surface area contributed by atoms with Crippen LogP contribution in [0.3, 0.4) is 0 Å². The molecule has 0 aliphatic heterocycles. The number of nitrogens with zero attached hydrogens (tertiary/aromatic N) is 1. The first-order valence-corrected chi connectivity index (χ1v) is 5.43. The highest BCUT2D eigenvalue weighted by molar-refractivity contribution is 5.89. The van der Waals surface area contributed by atoms with Gasteiger partial charge in [0.1, 0.15) is 6.10 Å². The minimum absolute atomic E-state index is 0.153. The van der Waals surface area contributed by atoms with Gasteiger partial charge in [0.2, 0.25) is 0 Å². The third-order valence-electron chi connectivity index (χ3n) is 2.67. The molecule has 0 amide bonds. The van der Waals surface area contributed by atoms with E-state index in [9.17, 15) is 15.0 Å². The SMILES string of the molecule is COC(=O)c1ccc(C(O)C(O)CC#N)c(C)c1. The van der Waals surface area contributed by atoms with E-state index in [4.69, 9.17) is 5.26 Å². The highest BCUT2D eigenvalue weighted by Gasteiger charge is 2.20. The third-order valence-corrected chi connectivity index (χ3v) is 2.67. The number of carbonyl (C=O) groups is 1. The Morgan fingerprint density at radius 1 is 1.50 bits per heavy atom. The highest BCUT2D eigenvalue weighted by atomic mass is 16.5. The van der Waals surface area contributed by atoms with E-state index in [0.29, 0.717) is 16.7 Å². The molecule has 18 heavy (non-hydrogen) atoms. The van der Waals surface area contributed by atoms with Gasteiger partial charge in [-0.1, -0.05) is 6.07 Å². The van der Waals surface area contributed by atoms with Gasteiger partial charge >= 0.3 is 5.97 Å². The number of methoxy groups -OCH3 is 1. The van der Waals surface area contributed by atoms with Gasteiger partial charge in [-0.05, 0) is 30.2 Å². The van der Waals surface area contributed by atoms with Crippen molar-refractivity contribution >= 4 is 5.97 Å². The van der Waals surface area contributed by atoms with E-state index in [-0.39, 0.29) is 6.42 Å². The summed E-state index contributed by atoms with van der Waals surface area (Å²) in [7, 11) is 1.29. The van der Waals surface area contributed by atoms with Crippen molar-refractivity contribution < 1.29 is 19.7 Å². The van der Waals surface area contributed by atoms with Gasteiger partial charge in [-0.3, -0.25) is 0 Å². The van der Waals surface area contributed by atoms with E-state index in [1.165, 1.54) is 13.2 Å². The normalized spacial score (nSPS) is 13.5. The summed E-state index contributed by atoms with van der Waals surface area (Å²) in [5.74, 6) is -0.461. The molecule has 2 atom stereocenters. The second kappa shape index (κ2) is 6.15. The van der Waals surface area contributed by atoms with E-state index >= 15 is 0 Å². The molecule has 0 radical (unpaired) electrons. The maximum atomic E-state index is 11.3. The largest absolute Gasteiger partial charge is 0.465 e. The topological polar surface area (TPSA) is 90.6 Å². The zero-order valence-corrected chi connectivity index (χ0v) is 10.3. The predicted octanol–water partition coefficient (Wildman–Crippen LogP) is 1.09. The van der Waals surface area contributed by atoms with Crippen LogP contribution in [0.25, 0.3) is 0 Å². The number of aliphatic hydroxyl groups is 2. The molecular weight excluding hydrogens is 234 g/mol. The van der Waals surface area contributed by atoms with Crippen molar-refractivity contribution in [1.29, 1.82) is 5.26 Å². The number of aliphatic hydroxyl groups excluding tert-OH is 2. The fourth-order valence-corrected chi connectivity index (χ4v) is 1.66. The fourth-order valence-electron chi connectivity index (χ4n) is 1.66. The summed E-state index contributed by atoms with van der Waals surface area (Å²) in [5.41, 5.74) is 1.52. The van der Waals surface area contributed by atoms with Crippen LogP contribution in [0.2, 0.25) is 0 Å². The monoisotopic (exact) mass is 249 g/mol. The van der Waals surface area contributed by atoms with Crippen molar-refractivity contribution in [2.75, 3.05) is 7.11 Å². The minimum atomic E-state index is -1.14. The molecule has 1 rings (SSSR count). The molecule has 1 aromatic carbocycles. The van der Waals surface area contributed by atoms with Gasteiger partial charge in [0.25, 0.3) is 0 Å². The van der Waals surface area contributed by atoms with Crippen LogP contribution in [-0.2, 0) is 4.74 Å². The zero-order chi connectivity index (χ0) is 13.7. The molecule has 5 nitrogen and oxygen atoms in total. The number of esters is 1. The molecule has 2 unspecified atom stereocenters. The lowest BCUT2D eigenvalue weighted by atomic mass is 9.96. The fraction of sp³-hybridized carbons (Fsp3) is 0.385. The van der Waals surface area contributed by atoms with Crippen molar-refractivity contribution in [3.63, 3.8) is 0 Å². The van der Waals surface area contributed by atoms with Crippen LogP contribution in [0.4, 0.5) is 0 Å². The first-order chi connectivity index (χ1) is 8.51. The second-order valence-electron chi connectivity index (χ2n) is 3.94. The highest BCUT2D eigenvalue weighted by Crippen LogP contribution is 2.23. The van der Waals surface area contributed by atoms with Gasteiger partial charge < -0.3 is 14.9 Å². The molecule has 0 saturated heterocycles. The van der Waals surface area contributed by atoms with Crippen molar-refractivity contribution in [3.8, 4) is 6.07 Å². The number of carbonyl (C=O) groups excluding carboxylic acids is 1. The Kier molecular flexibility index (Phi) is 4.84. The Labute approximate surface area is 105 Å². The summed E-state index contributed by atoms with van der Waals surface area (Å²) in [6.07, 6.45) is -2.44. The number of hydrogen-bond acceptors (Lipinski definition) is 5. The zero-order valence-electron chi connectivity index (χ0n) is 10.3. The van der Waals surface area contributed by atoms with Crippen molar-refractivity contribution in [2.24, 2.45) is 0 Å². The molecular formula is C13H15NO4. The summed E-state index contributed by atoms with van der Waals surface area (Å²) in [6.45, 7) is 1.71. The predicted molar refractivity (Wildman–Crippen MR) is 63.7 cm³/mol. The number of benzene rings is 1. The Morgan fingerprint density at radius 3 is 2.67 bits per heavy atom. The number of aryl methyl sites for hydroxylation is 1. The Morgan fingerprint density at radius 2 is 2.17 bits per heavy atom. The van der Waals surface area contributed by atoms with E-state index in [2.05, 4.69) is 4.74 Å². The standard InChI is InChI=1S/C13H15NO4/c1-8-7-9(13(17)18-2)3-4-10(8)12(16)11(15)5-6-14/h3-4,7,11-12,15-16H,5H2,1-2H3. The summed E-state index contributed by atoms with van der Waals surface area (Å²) in [5, 5.41) is 27.9. The molecule has 1 aromatic rings. The molecule has 0 spiro atoms. The number of hydrogen-bond donors (Lipinski definition) is 2. The van der Waals surface area contributed by atoms with Crippen LogP contribution < -0.4 is 0 Å². The molecule has 0 aliphatic carbocycles. The average molecular weight is 249 g/mol. The number of rotatable bonds is 4. The Bertz CT molecular complexity index is 478. The molecule has 0 fully saturated rings. The molecule has 96 valence electrons. The third kappa shape index (κ3) is 3.06. The lowest BCUT2D eigenvalue weighted by Crippen LogP contribution is -2.18. The van der Waals surface area contributed by atoms with Crippen LogP contribution in [0.15, 0.2) is 18.2 Å². The van der Waals surface area contributed by atoms with Crippen LogP contribution in [0.5, 0.6) is 0 Å². The maximum Gasteiger partial charge on any atom is 0.337 e. The smallest absolute Gasteiger partial charge is 0.337 e. The van der Waals surface area contributed by atoms with E-state index in [0.717, 1.165) is 0 Å². The van der Waals surface area contributed by atoms with Crippen LogP contribution in [-0.4, -0.2) is 29.4 Å². The summed E-state index contributed by atoms with van der Waals surface area (Å²) in [4.78, 5) is 11.3. The minimum Gasteiger partial charge on any atom is -0.465 e. The maximum absolute atomic E-state index is 11.3. The quantitative estimate of drug-likeness (QED) is 0.779. The van der Waals surface area contributed by atoms with Crippen molar-refractivity contribution in [2.45, 2.75) is 25.6 Å². The van der Waals surface area contributed by atoms with Crippen LogP contribution in [0.1, 0.15) is 34.0 Å². The van der Waals surface area contributed by atoms with E-state index < -0.39 is 18.2 Å². The lowest BCUT2D eigenvalue weighted by Gasteiger charge is -2.18. The van der Waals surface area contributed by atoms with Gasteiger partial charge in [0.05, 0.1) is 31.3 Å². The van der Waals surface area contributed by atoms with Gasteiger partial charge in [-0.25, -0.2) is 4.79 Å². The van der Waals surface area contributed by atoms with Gasteiger partial charge in [-0.15, -0.1) is 0 Å². The molecule has 0 saturated carbocycles. The second-order valence-corrected chi connectivity index (χ2v) is 3.94. The molecule has 0 bridgehead atoms. The summed E-state index contributed by atoms with van der Waals surface area (Å²) >= 11 is 0. The first-order valence-electron chi connectivity index (χ1n) is 5.43. The molecule has 5 heteroatoms. The number of nitriles is 1. The van der Waals surface area contributed by atoms with Gasteiger partial charge in [-0.2, -0.15) is 5.26 Å². The molecule has 0 aromatic heterocycles. The average Bonchev–Trinajstić information content (AvgIpc) is 2.37. The van der Waals surface area contributed by atoms with E-state index in [1.807, 2.05) is 0 Å². The van der Waals surface area contributed by atoms with Crippen LogP contribution in [0, 0.1) is 18.3 Å². The lowest BCUT2D eigenvalue weighted by molar-refractivity contribution is 0.0212.